The van der Waals surface area contributed by atoms with Gasteiger partial charge in [0.05, 0.1) is 11.6 Å². The SMILES string of the molecule is CNCc1cc(Cl)cc(Cl)c1OCCOCCC(C)C. The summed E-state index contributed by atoms with van der Waals surface area (Å²) in [6.45, 7) is 6.82. The molecule has 1 rings (SSSR count). The molecule has 1 N–H and O–H groups in total. The van der Waals surface area contributed by atoms with E-state index in [0.717, 1.165) is 18.6 Å². The molecule has 0 unspecified atom stereocenters. The van der Waals surface area contributed by atoms with Crippen molar-refractivity contribution in [1.29, 1.82) is 0 Å². The second-order valence-electron chi connectivity index (χ2n) is 5.05. The van der Waals surface area contributed by atoms with Gasteiger partial charge in [0.2, 0.25) is 0 Å². The molecule has 0 atom stereocenters. The summed E-state index contributed by atoms with van der Waals surface area (Å²) in [5, 5.41) is 4.22. The molecule has 0 heterocycles. The fourth-order valence-electron chi connectivity index (χ4n) is 1.72. The van der Waals surface area contributed by atoms with E-state index in [1.165, 1.54) is 0 Å². The van der Waals surface area contributed by atoms with Crippen molar-refractivity contribution in [3.05, 3.63) is 27.7 Å². The van der Waals surface area contributed by atoms with Crippen molar-refractivity contribution in [2.45, 2.75) is 26.8 Å². The highest BCUT2D eigenvalue weighted by atomic mass is 35.5. The first-order valence-electron chi connectivity index (χ1n) is 6.87. The van der Waals surface area contributed by atoms with Crippen molar-refractivity contribution in [1.82, 2.24) is 5.32 Å². The first-order valence-corrected chi connectivity index (χ1v) is 7.63. The third-order valence-corrected chi connectivity index (χ3v) is 3.27. The van der Waals surface area contributed by atoms with Gasteiger partial charge in [-0.15, -0.1) is 0 Å². The van der Waals surface area contributed by atoms with Crippen molar-refractivity contribution in [2.24, 2.45) is 5.92 Å². The Morgan fingerprint density at radius 1 is 1.15 bits per heavy atom. The van der Waals surface area contributed by atoms with Gasteiger partial charge in [0.15, 0.2) is 0 Å². The molecule has 0 aliphatic heterocycles. The molecule has 0 saturated heterocycles. The van der Waals surface area contributed by atoms with Crippen LogP contribution in [-0.4, -0.2) is 26.9 Å². The van der Waals surface area contributed by atoms with Crippen LogP contribution in [0.5, 0.6) is 5.75 Å². The Balaban J connectivity index is 2.46. The highest BCUT2D eigenvalue weighted by Crippen LogP contribution is 2.32. The highest BCUT2D eigenvalue weighted by molar-refractivity contribution is 6.35. The van der Waals surface area contributed by atoms with Gasteiger partial charge in [-0.05, 0) is 31.5 Å². The number of benzene rings is 1. The minimum Gasteiger partial charge on any atom is -0.489 e. The second kappa shape index (κ2) is 9.46. The van der Waals surface area contributed by atoms with Gasteiger partial charge in [-0.1, -0.05) is 37.0 Å². The molecule has 0 saturated carbocycles. The van der Waals surface area contributed by atoms with Gasteiger partial charge in [-0.3, -0.25) is 0 Å². The molecular formula is C15H23Cl2NO2. The molecule has 0 fully saturated rings. The van der Waals surface area contributed by atoms with Crippen LogP contribution in [-0.2, 0) is 11.3 Å². The van der Waals surface area contributed by atoms with Crippen LogP contribution in [0, 0.1) is 5.92 Å². The molecule has 0 spiro atoms. The van der Waals surface area contributed by atoms with E-state index in [0.29, 0.717) is 41.5 Å². The largest absolute Gasteiger partial charge is 0.489 e. The lowest BCUT2D eigenvalue weighted by Crippen LogP contribution is -2.12. The van der Waals surface area contributed by atoms with Crippen molar-refractivity contribution < 1.29 is 9.47 Å². The Hall–Kier alpha value is -0.480. The van der Waals surface area contributed by atoms with Crippen LogP contribution in [0.15, 0.2) is 12.1 Å². The third kappa shape index (κ3) is 6.31. The predicted octanol–water partition coefficient (Wildman–Crippen LogP) is 4.15. The van der Waals surface area contributed by atoms with Gasteiger partial charge in [0.1, 0.15) is 12.4 Å². The summed E-state index contributed by atoms with van der Waals surface area (Å²) in [7, 11) is 1.87. The van der Waals surface area contributed by atoms with Crippen LogP contribution >= 0.6 is 23.2 Å². The van der Waals surface area contributed by atoms with E-state index in [1.807, 2.05) is 13.1 Å². The average Bonchev–Trinajstić information content (AvgIpc) is 2.35. The van der Waals surface area contributed by atoms with Crippen molar-refractivity contribution in [3.8, 4) is 5.75 Å². The molecule has 0 aliphatic rings. The van der Waals surface area contributed by atoms with Crippen LogP contribution in [0.2, 0.25) is 10.0 Å². The van der Waals surface area contributed by atoms with E-state index >= 15 is 0 Å². The van der Waals surface area contributed by atoms with E-state index in [2.05, 4.69) is 19.2 Å². The third-order valence-electron chi connectivity index (χ3n) is 2.77. The molecular weight excluding hydrogens is 297 g/mol. The fraction of sp³-hybridized carbons (Fsp3) is 0.600. The van der Waals surface area contributed by atoms with Gasteiger partial charge >= 0.3 is 0 Å². The van der Waals surface area contributed by atoms with Crippen molar-refractivity contribution >= 4 is 23.2 Å². The second-order valence-corrected chi connectivity index (χ2v) is 5.89. The number of halogens is 2. The zero-order chi connectivity index (χ0) is 15.0. The Bertz CT molecular complexity index is 411. The van der Waals surface area contributed by atoms with Gasteiger partial charge < -0.3 is 14.8 Å². The van der Waals surface area contributed by atoms with E-state index in [-0.39, 0.29) is 0 Å². The van der Waals surface area contributed by atoms with Crippen molar-refractivity contribution in [3.63, 3.8) is 0 Å². The summed E-state index contributed by atoms with van der Waals surface area (Å²) >= 11 is 12.2. The fourth-order valence-corrected chi connectivity index (χ4v) is 2.31. The molecule has 1 aromatic rings. The van der Waals surface area contributed by atoms with Crippen LogP contribution in [0.3, 0.4) is 0 Å². The lowest BCUT2D eigenvalue weighted by molar-refractivity contribution is 0.0923. The standard InChI is InChI=1S/C15H23Cl2NO2/c1-11(2)4-5-19-6-7-20-15-12(10-18-3)8-13(16)9-14(15)17/h8-9,11,18H,4-7,10H2,1-3H3. The van der Waals surface area contributed by atoms with Crippen LogP contribution in [0.4, 0.5) is 0 Å². The first kappa shape index (κ1) is 17.6. The smallest absolute Gasteiger partial charge is 0.142 e. The number of rotatable bonds is 9. The van der Waals surface area contributed by atoms with Crippen LogP contribution in [0.25, 0.3) is 0 Å². The lowest BCUT2D eigenvalue weighted by atomic mass is 10.1. The minimum absolute atomic E-state index is 0.482. The van der Waals surface area contributed by atoms with E-state index in [4.69, 9.17) is 32.7 Å². The molecule has 114 valence electrons. The summed E-state index contributed by atoms with van der Waals surface area (Å²) in [6, 6.07) is 3.55. The highest BCUT2D eigenvalue weighted by Gasteiger charge is 2.10. The Labute approximate surface area is 131 Å². The molecule has 5 heteroatoms. The lowest BCUT2D eigenvalue weighted by Gasteiger charge is -2.14. The van der Waals surface area contributed by atoms with E-state index < -0.39 is 0 Å². The quantitative estimate of drug-likeness (QED) is 0.693. The summed E-state index contributed by atoms with van der Waals surface area (Å²) in [5.74, 6) is 1.33. The number of nitrogens with one attached hydrogen (secondary N) is 1. The van der Waals surface area contributed by atoms with Gasteiger partial charge in [-0.25, -0.2) is 0 Å². The topological polar surface area (TPSA) is 30.5 Å². The monoisotopic (exact) mass is 319 g/mol. The van der Waals surface area contributed by atoms with Gasteiger partial charge in [-0.2, -0.15) is 0 Å². The number of ether oxygens (including phenoxy) is 2. The summed E-state index contributed by atoms with van der Waals surface area (Å²) in [4.78, 5) is 0. The minimum atomic E-state index is 0.482. The number of hydrogen-bond acceptors (Lipinski definition) is 3. The predicted molar refractivity (Wildman–Crippen MR) is 85.0 cm³/mol. The first-order chi connectivity index (χ1) is 9.54. The van der Waals surface area contributed by atoms with E-state index in [1.54, 1.807) is 6.07 Å². The van der Waals surface area contributed by atoms with Crippen LogP contribution < -0.4 is 10.1 Å². The average molecular weight is 320 g/mol. The van der Waals surface area contributed by atoms with Gasteiger partial charge in [0, 0.05) is 23.7 Å². The molecule has 0 radical (unpaired) electrons. The zero-order valence-corrected chi connectivity index (χ0v) is 13.9. The normalized spacial score (nSPS) is 11.1. The summed E-state index contributed by atoms with van der Waals surface area (Å²) in [6.07, 6.45) is 1.06. The molecule has 0 aliphatic carbocycles. The summed E-state index contributed by atoms with van der Waals surface area (Å²) in [5.41, 5.74) is 0.951. The molecule has 0 amide bonds. The van der Waals surface area contributed by atoms with Crippen molar-refractivity contribution in [2.75, 3.05) is 26.9 Å². The zero-order valence-electron chi connectivity index (χ0n) is 12.3. The maximum Gasteiger partial charge on any atom is 0.142 e. The van der Waals surface area contributed by atoms with Crippen LogP contribution in [0.1, 0.15) is 25.8 Å². The maximum atomic E-state index is 6.17. The molecule has 0 aromatic heterocycles. The Morgan fingerprint density at radius 2 is 1.90 bits per heavy atom. The molecule has 1 aromatic carbocycles. The Kier molecular flexibility index (Phi) is 8.31. The molecule has 20 heavy (non-hydrogen) atoms. The molecule has 0 bridgehead atoms. The maximum absolute atomic E-state index is 6.17. The van der Waals surface area contributed by atoms with Gasteiger partial charge in [0.25, 0.3) is 0 Å². The Morgan fingerprint density at radius 3 is 2.55 bits per heavy atom. The molecule has 3 nitrogen and oxygen atoms in total. The summed E-state index contributed by atoms with van der Waals surface area (Å²) < 4.78 is 11.2. The van der Waals surface area contributed by atoms with E-state index in [9.17, 15) is 0 Å². The number of hydrogen-bond donors (Lipinski definition) is 1.